The summed E-state index contributed by atoms with van der Waals surface area (Å²) in [4.78, 5) is 0. The Hall–Kier alpha value is -3.06. The first kappa shape index (κ1) is 13.4. The van der Waals surface area contributed by atoms with E-state index in [4.69, 9.17) is 0 Å². The third kappa shape index (κ3) is 1.88. The standard InChI is InChI=1S/C23H16O/c24-21-12-11-17-10-9-16-7-4-8-19-18(13-15-5-2-1-3-6-15)14-20(21)23(17)22(16)19/h1-12,14,24H,13H2. The van der Waals surface area contributed by atoms with Crippen LogP contribution >= 0.6 is 0 Å². The second-order valence-electron chi connectivity index (χ2n) is 6.40. The Balaban J connectivity index is 1.91. The molecule has 0 aliphatic carbocycles. The second-order valence-corrected chi connectivity index (χ2v) is 6.40. The molecule has 0 bridgehead atoms. The number of benzene rings is 5. The fourth-order valence-corrected chi connectivity index (χ4v) is 3.84. The van der Waals surface area contributed by atoms with E-state index >= 15 is 0 Å². The van der Waals surface area contributed by atoms with Gasteiger partial charge in [0.05, 0.1) is 0 Å². The molecule has 0 aliphatic heterocycles. The maximum Gasteiger partial charge on any atom is 0.123 e. The second kappa shape index (κ2) is 4.97. The Kier molecular flexibility index (Phi) is 2.77. The molecule has 0 aliphatic rings. The zero-order valence-electron chi connectivity index (χ0n) is 13.2. The number of rotatable bonds is 2. The van der Waals surface area contributed by atoms with Crippen molar-refractivity contribution in [1.29, 1.82) is 0 Å². The van der Waals surface area contributed by atoms with Crippen LogP contribution in [0.25, 0.3) is 32.3 Å². The molecule has 0 aromatic heterocycles. The fraction of sp³-hybridized carbons (Fsp3) is 0.0435. The zero-order valence-corrected chi connectivity index (χ0v) is 13.2. The third-order valence-corrected chi connectivity index (χ3v) is 4.95. The van der Waals surface area contributed by atoms with E-state index in [0.717, 1.165) is 11.8 Å². The van der Waals surface area contributed by atoms with Crippen molar-refractivity contribution in [2.45, 2.75) is 6.42 Å². The summed E-state index contributed by atoms with van der Waals surface area (Å²) in [6, 6.07) is 27.2. The van der Waals surface area contributed by atoms with E-state index in [1.807, 2.05) is 12.1 Å². The summed E-state index contributed by atoms with van der Waals surface area (Å²) in [7, 11) is 0. The summed E-state index contributed by atoms with van der Waals surface area (Å²) < 4.78 is 0. The van der Waals surface area contributed by atoms with E-state index in [0.29, 0.717) is 5.75 Å². The maximum atomic E-state index is 10.4. The average Bonchev–Trinajstić information content (AvgIpc) is 2.63. The predicted molar refractivity (Wildman–Crippen MR) is 101 cm³/mol. The fourth-order valence-electron chi connectivity index (χ4n) is 3.84. The molecule has 5 aromatic rings. The minimum absolute atomic E-state index is 0.357. The highest BCUT2D eigenvalue weighted by Gasteiger charge is 2.14. The molecule has 0 amide bonds. The van der Waals surface area contributed by atoms with Gasteiger partial charge in [-0.3, -0.25) is 0 Å². The highest BCUT2D eigenvalue weighted by atomic mass is 16.3. The molecule has 0 heterocycles. The lowest BCUT2D eigenvalue weighted by Gasteiger charge is -2.15. The van der Waals surface area contributed by atoms with Crippen molar-refractivity contribution < 1.29 is 5.11 Å². The highest BCUT2D eigenvalue weighted by Crippen LogP contribution is 2.40. The molecule has 0 atom stereocenters. The first-order valence-corrected chi connectivity index (χ1v) is 8.23. The van der Waals surface area contributed by atoms with Crippen LogP contribution in [-0.4, -0.2) is 5.11 Å². The van der Waals surface area contributed by atoms with Gasteiger partial charge in [0.2, 0.25) is 0 Å². The van der Waals surface area contributed by atoms with Gasteiger partial charge in [0.15, 0.2) is 0 Å². The molecular formula is C23H16O. The monoisotopic (exact) mass is 308 g/mol. The molecule has 0 fully saturated rings. The molecule has 1 N–H and O–H groups in total. The Morgan fingerprint density at radius 3 is 2.17 bits per heavy atom. The topological polar surface area (TPSA) is 20.2 Å². The van der Waals surface area contributed by atoms with Crippen LogP contribution in [-0.2, 0) is 6.42 Å². The van der Waals surface area contributed by atoms with E-state index in [-0.39, 0.29) is 0 Å². The molecule has 0 radical (unpaired) electrons. The van der Waals surface area contributed by atoms with Gasteiger partial charge >= 0.3 is 0 Å². The van der Waals surface area contributed by atoms with Crippen LogP contribution in [0.3, 0.4) is 0 Å². The van der Waals surface area contributed by atoms with Crippen molar-refractivity contribution in [2.24, 2.45) is 0 Å². The first-order valence-electron chi connectivity index (χ1n) is 8.23. The van der Waals surface area contributed by atoms with Gasteiger partial charge in [-0.25, -0.2) is 0 Å². The van der Waals surface area contributed by atoms with Gasteiger partial charge in [0.1, 0.15) is 5.75 Å². The molecule has 0 unspecified atom stereocenters. The summed E-state index contributed by atoms with van der Waals surface area (Å²) in [6.07, 6.45) is 0.865. The molecular weight excluding hydrogens is 292 g/mol. The van der Waals surface area contributed by atoms with Crippen LogP contribution in [0, 0.1) is 0 Å². The summed E-state index contributed by atoms with van der Waals surface area (Å²) in [5, 5.41) is 17.5. The molecule has 0 saturated heterocycles. The molecule has 0 saturated carbocycles. The predicted octanol–water partition coefficient (Wildman–Crippen LogP) is 5.88. The lowest BCUT2D eigenvalue weighted by Crippen LogP contribution is -1.93. The van der Waals surface area contributed by atoms with E-state index in [2.05, 4.69) is 60.7 Å². The summed E-state index contributed by atoms with van der Waals surface area (Å²) in [5.41, 5.74) is 2.54. The first-order chi connectivity index (χ1) is 11.8. The zero-order chi connectivity index (χ0) is 16.1. The Morgan fingerprint density at radius 2 is 1.33 bits per heavy atom. The highest BCUT2D eigenvalue weighted by molar-refractivity contribution is 6.24. The molecule has 5 rings (SSSR count). The summed E-state index contributed by atoms with van der Waals surface area (Å²) in [6.45, 7) is 0. The van der Waals surface area contributed by atoms with Crippen LogP contribution in [0.1, 0.15) is 11.1 Å². The number of hydrogen-bond acceptors (Lipinski definition) is 1. The van der Waals surface area contributed by atoms with E-state index in [9.17, 15) is 5.11 Å². The van der Waals surface area contributed by atoms with Crippen molar-refractivity contribution in [3.63, 3.8) is 0 Å². The van der Waals surface area contributed by atoms with Gasteiger partial charge in [-0.2, -0.15) is 0 Å². The van der Waals surface area contributed by atoms with Gasteiger partial charge < -0.3 is 5.11 Å². The molecule has 1 nitrogen and oxygen atoms in total. The largest absolute Gasteiger partial charge is 0.507 e. The van der Waals surface area contributed by atoms with Gasteiger partial charge in [-0.1, -0.05) is 66.7 Å². The van der Waals surface area contributed by atoms with Crippen molar-refractivity contribution in [2.75, 3.05) is 0 Å². The average molecular weight is 308 g/mol. The quantitative estimate of drug-likeness (QED) is 0.404. The normalized spacial score (nSPS) is 11.7. The van der Waals surface area contributed by atoms with E-state index in [1.165, 1.54) is 38.1 Å². The van der Waals surface area contributed by atoms with Crippen molar-refractivity contribution in [3.8, 4) is 5.75 Å². The van der Waals surface area contributed by atoms with Gasteiger partial charge in [-0.05, 0) is 51.2 Å². The molecule has 1 heteroatoms. The Bertz CT molecular complexity index is 1170. The Labute approximate surface area is 140 Å². The van der Waals surface area contributed by atoms with Crippen LogP contribution in [0.4, 0.5) is 0 Å². The minimum Gasteiger partial charge on any atom is -0.507 e. The number of phenols is 1. The minimum atomic E-state index is 0.357. The maximum absolute atomic E-state index is 10.4. The third-order valence-electron chi connectivity index (χ3n) is 4.95. The van der Waals surface area contributed by atoms with Crippen LogP contribution < -0.4 is 0 Å². The van der Waals surface area contributed by atoms with Gasteiger partial charge in [0, 0.05) is 10.8 Å². The molecule has 0 spiro atoms. The smallest absolute Gasteiger partial charge is 0.123 e. The van der Waals surface area contributed by atoms with Crippen molar-refractivity contribution in [3.05, 3.63) is 90.0 Å². The number of phenolic OH excluding ortho intramolecular Hbond substituents is 1. The molecule has 5 aromatic carbocycles. The van der Waals surface area contributed by atoms with E-state index in [1.54, 1.807) is 6.07 Å². The number of hydrogen-bond donors (Lipinski definition) is 1. The Morgan fingerprint density at radius 1 is 0.625 bits per heavy atom. The molecule has 114 valence electrons. The van der Waals surface area contributed by atoms with Crippen molar-refractivity contribution in [1.82, 2.24) is 0 Å². The lowest BCUT2D eigenvalue weighted by molar-refractivity contribution is 0.482. The SMILES string of the molecule is Oc1ccc2ccc3cccc4c(Cc5ccccc5)cc1c2c34. The van der Waals surface area contributed by atoms with Gasteiger partial charge in [-0.15, -0.1) is 0 Å². The summed E-state index contributed by atoms with van der Waals surface area (Å²) >= 11 is 0. The van der Waals surface area contributed by atoms with Crippen LogP contribution in [0.2, 0.25) is 0 Å². The summed E-state index contributed by atoms with van der Waals surface area (Å²) in [5.74, 6) is 0.357. The van der Waals surface area contributed by atoms with Crippen LogP contribution in [0.15, 0.2) is 78.9 Å². The van der Waals surface area contributed by atoms with E-state index < -0.39 is 0 Å². The lowest BCUT2D eigenvalue weighted by atomic mass is 9.89. The molecule has 24 heavy (non-hydrogen) atoms. The van der Waals surface area contributed by atoms with Crippen LogP contribution in [0.5, 0.6) is 5.75 Å². The number of aromatic hydroxyl groups is 1. The van der Waals surface area contributed by atoms with Gasteiger partial charge in [0.25, 0.3) is 0 Å². The van der Waals surface area contributed by atoms with Crippen molar-refractivity contribution >= 4 is 32.3 Å².